The topological polar surface area (TPSA) is 0 Å². The molecule has 0 aliphatic heterocycles. The Labute approximate surface area is 210 Å². The van der Waals surface area contributed by atoms with Gasteiger partial charge in [0, 0.05) is 0 Å². The predicted octanol–water partition coefficient (Wildman–Crippen LogP) is 8.33. The fourth-order valence-corrected chi connectivity index (χ4v) is 3.69. The molecule has 0 saturated carbocycles. The molecule has 4 heteroatoms. The standard InChI is InChI=1S/2C12H13.2CH3.2ClH.Si.Ti/c2*1-8-4-10(3)12-7-9(2)6-11(12)5-8;;;;;;/h2*4-7H,1-3H3;2*1H3;2*1H;;/q4*-1;;;;. The Kier molecular flexibility index (Phi) is 17.0. The van der Waals surface area contributed by atoms with E-state index in [-0.39, 0.29) is 39.7 Å². The monoisotopic (exact) mass is 492 g/mol. The summed E-state index contributed by atoms with van der Waals surface area (Å²) in [5.74, 6) is 0. The Balaban J connectivity index is -0.000000400. The fraction of sp³-hybridized carbons (Fsp3) is 0.231. The number of rotatable bonds is 0. The minimum atomic E-state index is 0. The van der Waals surface area contributed by atoms with Crippen molar-refractivity contribution in [3.8, 4) is 0 Å². The van der Waals surface area contributed by atoms with Crippen molar-refractivity contribution in [3.05, 3.63) is 96.8 Å². The first-order valence-electron chi connectivity index (χ1n) is 8.87. The van der Waals surface area contributed by atoms with Crippen LogP contribution in [0.3, 0.4) is 0 Å². The van der Waals surface area contributed by atoms with Crippen LogP contribution in [0.25, 0.3) is 21.5 Å². The average molecular weight is 493 g/mol. The van der Waals surface area contributed by atoms with Gasteiger partial charge in [-0.3, -0.25) is 0 Å². The van der Waals surface area contributed by atoms with E-state index in [1.165, 1.54) is 54.9 Å². The molecule has 4 aromatic carbocycles. The predicted molar refractivity (Wildman–Crippen MR) is 141 cm³/mol. The van der Waals surface area contributed by atoms with Gasteiger partial charge in [-0.25, -0.2) is 0 Å². The van der Waals surface area contributed by atoms with Crippen molar-refractivity contribution in [2.45, 2.75) is 41.5 Å². The molecule has 0 aromatic heterocycles. The van der Waals surface area contributed by atoms with Crippen LogP contribution in [0.1, 0.15) is 33.4 Å². The molecule has 0 fully saturated rings. The van der Waals surface area contributed by atoms with Gasteiger partial charge >= 0.3 is 26.8 Å². The number of hydrogen-bond acceptors (Lipinski definition) is 0. The summed E-state index contributed by atoms with van der Waals surface area (Å²) in [4.78, 5) is 0. The zero-order chi connectivity index (χ0) is 19.4. The molecule has 0 bridgehead atoms. The molecule has 0 nitrogen and oxygen atoms in total. The van der Waals surface area contributed by atoms with E-state index >= 15 is 0 Å². The second kappa shape index (κ2) is 15.1. The summed E-state index contributed by atoms with van der Waals surface area (Å²) in [5.41, 5.74) is 8.20. The van der Waals surface area contributed by atoms with Gasteiger partial charge in [-0.15, -0.1) is 81.8 Å². The molecule has 0 amide bonds. The SMILES string of the molecule is Cc1cc(C)c2cc(C)[cH-]c2c1.Cc1cc(C)c2cc(C)[cH-]c2c1.Cl.Cl.[CH3-].[CH3-].[Si]=[Ti]. The Hall–Kier alpha value is -0.829. The van der Waals surface area contributed by atoms with Gasteiger partial charge in [-0.1, -0.05) is 48.2 Å². The molecular weight excluding hydrogens is 459 g/mol. The summed E-state index contributed by atoms with van der Waals surface area (Å²) < 4.78 is 0. The number of aryl methyl sites for hydroxylation is 6. The maximum absolute atomic E-state index is 2.97. The molecule has 0 saturated heterocycles. The summed E-state index contributed by atoms with van der Waals surface area (Å²) in [6, 6.07) is 18.0. The van der Waals surface area contributed by atoms with Crippen molar-refractivity contribution in [2.24, 2.45) is 0 Å². The Bertz CT molecular complexity index is 960. The molecule has 4 aromatic rings. The van der Waals surface area contributed by atoms with Gasteiger partial charge in [0.1, 0.15) is 0 Å². The second-order valence-electron chi connectivity index (χ2n) is 7.23. The summed E-state index contributed by atoms with van der Waals surface area (Å²) in [7, 11) is 2.97. The number of benzene rings is 2. The molecular formula is C26H34Cl2SiTi-4. The molecule has 2 radical (unpaired) electrons. The third-order valence-corrected chi connectivity index (χ3v) is 4.64. The quantitative estimate of drug-likeness (QED) is 0.171. The van der Waals surface area contributed by atoms with Gasteiger partial charge in [0.2, 0.25) is 0 Å². The van der Waals surface area contributed by atoms with Gasteiger partial charge in [0.25, 0.3) is 0 Å². The van der Waals surface area contributed by atoms with Crippen LogP contribution in [0.15, 0.2) is 48.5 Å². The molecule has 0 spiro atoms. The molecule has 164 valence electrons. The molecule has 4 rings (SSSR count). The Morgan fingerprint density at radius 3 is 1.17 bits per heavy atom. The van der Waals surface area contributed by atoms with Crippen LogP contribution in [0.5, 0.6) is 0 Å². The molecule has 0 N–H and O–H groups in total. The number of fused-ring (bicyclic) bond motifs is 2. The van der Waals surface area contributed by atoms with E-state index in [1.807, 2.05) is 0 Å². The van der Waals surface area contributed by atoms with Crippen LogP contribution >= 0.6 is 24.8 Å². The first-order valence-corrected chi connectivity index (χ1v) is 11.7. The summed E-state index contributed by atoms with van der Waals surface area (Å²) >= 11 is 1.81. The van der Waals surface area contributed by atoms with E-state index in [0.717, 1.165) is 0 Å². The van der Waals surface area contributed by atoms with Crippen molar-refractivity contribution in [2.75, 3.05) is 0 Å². The van der Waals surface area contributed by atoms with Crippen molar-refractivity contribution in [3.63, 3.8) is 0 Å². The zero-order valence-corrected chi connectivity index (χ0v) is 23.6. The van der Waals surface area contributed by atoms with Gasteiger partial charge in [0.15, 0.2) is 0 Å². The van der Waals surface area contributed by atoms with Crippen LogP contribution in [0.2, 0.25) is 0 Å². The van der Waals surface area contributed by atoms with Gasteiger partial charge in [0.05, 0.1) is 0 Å². The summed E-state index contributed by atoms with van der Waals surface area (Å²) in [6.07, 6.45) is 0. The van der Waals surface area contributed by atoms with Crippen LogP contribution in [-0.2, 0) is 19.2 Å². The van der Waals surface area contributed by atoms with Crippen LogP contribution in [0, 0.1) is 56.4 Å². The second-order valence-corrected chi connectivity index (χ2v) is 7.23. The van der Waals surface area contributed by atoms with Gasteiger partial charge < -0.3 is 14.9 Å². The van der Waals surface area contributed by atoms with Crippen LogP contribution < -0.4 is 0 Å². The molecule has 0 unspecified atom stereocenters. The third kappa shape index (κ3) is 8.36. The Morgan fingerprint density at radius 1 is 0.567 bits per heavy atom. The fourth-order valence-electron chi connectivity index (χ4n) is 3.69. The average Bonchev–Trinajstić information content (AvgIpc) is 3.12. The minimum absolute atomic E-state index is 0. The molecule has 0 aliphatic rings. The molecule has 0 atom stereocenters. The molecule has 0 aliphatic carbocycles. The van der Waals surface area contributed by atoms with Crippen molar-refractivity contribution >= 4 is 54.0 Å². The third-order valence-electron chi connectivity index (χ3n) is 4.64. The van der Waals surface area contributed by atoms with Crippen LogP contribution in [0.4, 0.5) is 0 Å². The molecule has 0 heterocycles. The molecule has 30 heavy (non-hydrogen) atoms. The number of halogens is 2. The summed E-state index contributed by atoms with van der Waals surface area (Å²) in [5, 5.41) is 5.56. The Morgan fingerprint density at radius 2 is 0.867 bits per heavy atom. The van der Waals surface area contributed by atoms with E-state index in [2.05, 4.69) is 97.7 Å². The van der Waals surface area contributed by atoms with E-state index in [1.54, 1.807) is 19.2 Å². The van der Waals surface area contributed by atoms with Gasteiger partial charge in [-0.05, 0) is 27.7 Å². The van der Waals surface area contributed by atoms with Gasteiger partial charge in [-0.2, -0.15) is 12.1 Å². The normalized spacial score (nSPS) is 8.83. The van der Waals surface area contributed by atoms with Crippen molar-refractivity contribution < 1.29 is 19.2 Å². The van der Waals surface area contributed by atoms with Crippen molar-refractivity contribution in [1.29, 1.82) is 0 Å². The van der Waals surface area contributed by atoms with Crippen LogP contribution in [-0.4, -0.2) is 7.63 Å². The van der Waals surface area contributed by atoms with E-state index in [9.17, 15) is 0 Å². The van der Waals surface area contributed by atoms with E-state index in [4.69, 9.17) is 0 Å². The zero-order valence-electron chi connectivity index (χ0n) is 19.4. The summed E-state index contributed by atoms with van der Waals surface area (Å²) in [6.45, 7) is 12.9. The maximum atomic E-state index is 2.97. The van der Waals surface area contributed by atoms with E-state index in [0.29, 0.717) is 0 Å². The first-order chi connectivity index (χ1) is 12.3. The number of hydrogen-bond donors (Lipinski definition) is 0. The van der Waals surface area contributed by atoms with E-state index < -0.39 is 0 Å². The van der Waals surface area contributed by atoms with Crippen molar-refractivity contribution in [1.82, 2.24) is 0 Å². The first kappa shape index (κ1) is 33.8.